The first kappa shape index (κ1) is 24.2. The molecule has 9 heteroatoms. The molecule has 4 rings (SSSR count). The summed E-state index contributed by atoms with van der Waals surface area (Å²) in [6.07, 6.45) is 5.88. The number of nitrogens with zero attached hydrogens (tertiary/aromatic N) is 2. The highest BCUT2D eigenvalue weighted by Gasteiger charge is 2.17. The Balaban J connectivity index is 0.00000289. The topological polar surface area (TPSA) is 88.3 Å². The van der Waals surface area contributed by atoms with E-state index in [0.29, 0.717) is 45.1 Å². The minimum atomic E-state index is 0. The van der Waals surface area contributed by atoms with E-state index < -0.39 is 0 Å². The van der Waals surface area contributed by atoms with Crippen LogP contribution >= 0.6 is 24.0 Å². The predicted octanol–water partition coefficient (Wildman–Crippen LogP) is 3.67. The molecular formula is C23H31IN4O4. The summed E-state index contributed by atoms with van der Waals surface area (Å²) >= 11 is 0. The van der Waals surface area contributed by atoms with Gasteiger partial charge in [-0.3, -0.25) is 9.79 Å². The number of carbonyl (C=O) groups excluding carboxylic acids is 1. The number of nitrogens with one attached hydrogen (secondary N) is 2. The molecule has 32 heavy (non-hydrogen) atoms. The van der Waals surface area contributed by atoms with Crippen molar-refractivity contribution in [1.82, 2.24) is 10.2 Å². The summed E-state index contributed by atoms with van der Waals surface area (Å²) in [7, 11) is 0. The molecule has 0 saturated carbocycles. The molecule has 2 aliphatic heterocycles. The molecule has 0 atom stereocenters. The van der Waals surface area contributed by atoms with Gasteiger partial charge < -0.3 is 29.4 Å². The molecule has 174 valence electrons. The third-order valence-corrected chi connectivity index (χ3v) is 5.31. The van der Waals surface area contributed by atoms with E-state index in [1.54, 1.807) is 6.26 Å². The van der Waals surface area contributed by atoms with Gasteiger partial charge in [0.05, 0.1) is 19.5 Å². The summed E-state index contributed by atoms with van der Waals surface area (Å²) in [6.45, 7) is 4.12. The van der Waals surface area contributed by atoms with E-state index in [1.807, 2.05) is 35.2 Å². The second kappa shape index (κ2) is 12.6. The molecule has 2 N–H and O–H groups in total. The van der Waals surface area contributed by atoms with Crippen molar-refractivity contribution >= 4 is 41.5 Å². The van der Waals surface area contributed by atoms with Gasteiger partial charge in [-0.1, -0.05) is 0 Å². The van der Waals surface area contributed by atoms with Crippen LogP contribution in [0.25, 0.3) is 0 Å². The highest BCUT2D eigenvalue weighted by atomic mass is 127. The van der Waals surface area contributed by atoms with Crippen LogP contribution in [0.1, 0.15) is 31.4 Å². The zero-order valence-electron chi connectivity index (χ0n) is 18.2. The number of fused-ring (bicyclic) bond motifs is 1. The van der Waals surface area contributed by atoms with E-state index >= 15 is 0 Å². The lowest BCUT2D eigenvalue weighted by molar-refractivity contribution is -0.129. The third kappa shape index (κ3) is 7.04. The Morgan fingerprint density at radius 1 is 1.06 bits per heavy atom. The third-order valence-electron chi connectivity index (χ3n) is 5.31. The number of carbonyl (C=O) groups is 1. The number of rotatable bonds is 7. The largest absolute Gasteiger partial charge is 0.490 e. The van der Waals surface area contributed by atoms with Crippen molar-refractivity contribution in [2.75, 3.05) is 44.7 Å². The van der Waals surface area contributed by atoms with E-state index in [1.165, 1.54) is 0 Å². The Kier molecular flexibility index (Phi) is 9.51. The molecule has 1 amide bonds. The minimum absolute atomic E-state index is 0. The number of benzene rings is 1. The molecule has 1 saturated heterocycles. The van der Waals surface area contributed by atoms with Crippen LogP contribution in [0.5, 0.6) is 11.5 Å². The van der Waals surface area contributed by atoms with Crippen molar-refractivity contribution in [3.05, 3.63) is 42.4 Å². The molecule has 0 unspecified atom stereocenters. The summed E-state index contributed by atoms with van der Waals surface area (Å²) in [4.78, 5) is 18.9. The van der Waals surface area contributed by atoms with Gasteiger partial charge in [0.15, 0.2) is 17.5 Å². The number of likely N-dealkylation sites (tertiary alicyclic amines) is 1. The molecule has 0 bridgehead atoms. The van der Waals surface area contributed by atoms with Crippen molar-refractivity contribution in [2.45, 2.75) is 32.1 Å². The molecule has 2 aliphatic rings. The van der Waals surface area contributed by atoms with Crippen LogP contribution in [0.2, 0.25) is 0 Å². The second-order valence-corrected chi connectivity index (χ2v) is 7.66. The van der Waals surface area contributed by atoms with Crippen molar-refractivity contribution < 1.29 is 18.7 Å². The number of anilines is 1. The number of furan rings is 1. The van der Waals surface area contributed by atoms with Gasteiger partial charge in [-0.05, 0) is 37.1 Å². The van der Waals surface area contributed by atoms with E-state index in [4.69, 9.17) is 13.9 Å². The molecule has 0 spiro atoms. The summed E-state index contributed by atoms with van der Waals surface area (Å²) in [5.41, 5.74) is 0.847. The van der Waals surface area contributed by atoms with Crippen LogP contribution in [-0.4, -0.2) is 56.2 Å². The number of aliphatic imine (C=N–C) groups is 1. The molecule has 3 heterocycles. The van der Waals surface area contributed by atoms with Crippen molar-refractivity contribution in [3.8, 4) is 11.5 Å². The summed E-state index contributed by atoms with van der Waals surface area (Å²) in [5.74, 6) is 3.18. The number of hydrogen-bond acceptors (Lipinski definition) is 5. The maximum atomic E-state index is 12.3. The Morgan fingerprint density at radius 2 is 1.88 bits per heavy atom. The lowest BCUT2D eigenvalue weighted by atomic mass is 10.2. The lowest BCUT2D eigenvalue weighted by Crippen LogP contribution is -2.35. The SMILES string of the molecule is I.O=C(CCNC(=NCCc1ccco1)Nc1ccc2c(c1)OCCCO2)N1CCCC1. The number of guanidine groups is 1. The van der Waals surface area contributed by atoms with Crippen molar-refractivity contribution in [1.29, 1.82) is 0 Å². The highest BCUT2D eigenvalue weighted by molar-refractivity contribution is 14.0. The average Bonchev–Trinajstić information content (AvgIpc) is 3.45. The minimum Gasteiger partial charge on any atom is -0.490 e. The van der Waals surface area contributed by atoms with Crippen LogP contribution < -0.4 is 20.1 Å². The number of halogens is 1. The normalized spacial score (nSPS) is 15.6. The van der Waals surface area contributed by atoms with Gasteiger partial charge in [0.25, 0.3) is 0 Å². The Bertz CT molecular complexity index is 882. The fourth-order valence-corrected chi connectivity index (χ4v) is 3.66. The predicted molar refractivity (Wildman–Crippen MR) is 134 cm³/mol. The molecule has 1 aromatic heterocycles. The lowest BCUT2D eigenvalue weighted by Gasteiger charge is -2.17. The standard InChI is InChI=1S/C23H30N4O4.HI/c28-22(27-12-1-2-13-27)9-11-25-23(24-10-8-19-5-3-14-29-19)26-18-6-7-20-21(17-18)31-16-4-15-30-20;/h3,5-7,14,17H,1-2,4,8-13,15-16H2,(H2,24,25,26);1H. The van der Waals surface area contributed by atoms with Crippen LogP contribution in [0.3, 0.4) is 0 Å². The van der Waals surface area contributed by atoms with E-state index in [0.717, 1.165) is 55.3 Å². The highest BCUT2D eigenvalue weighted by Crippen LogP contribution is 2.32. The summed E-state index contributed by atoms with van der Waals surface area (Å²) in [6, 6.07) is 9.57. The molecule has 1 fully saturated rings. The number of amides is 1. The first-order valence-corrected chi connectivity index (χ1v) is 11.0. The van der Waals surface area contributed by atoms with Gasteiger partial charge in [0.2, 0.25) is 5.91 Å². The van der Waals surface area contributed by atoms with E-state index in [-0.39, 0.29) is 29.9 Å². The molecule has 0 aliphatic carbocycles. The fraction of sp³-hybridized carbons (Fsp3) is 0.478. The smallest absolute Gasteiger partial charge is 0.224 e. The molecule has 8 nitrogen and oxygen atoms in total. The first-order valence-electron chi connectivity index (χ1n) is 11.0. The quantitative estimate of drug-likeness (QED) is 0.309. The second-order valence-electron chi connectivity index (χ2n) is 7.66. The van der Waals surface area contributed by atoms with Crippen LogP contribution in [-0.2, 0) is 11.2 Å². The average molecular weight is 554 g/mol. The number of ether oxygens (including phenoxy) is 2. The van der Waals surface area contributed by atoms with E-state index in [9.17, 15) is 4.79 Å². The zero-order chi connectivity index (χ0) is 21.3. The Hall–Kier alpha value is -2.43. The van der Waals surface area contributed by atoms with Crippen molar-refractivity contribution in [3.63, 3.8) is 0 Å². The fourth-order valence-electron chi connectivity index (χ4n) is 3.66. The molecule has 2 aromatic rings. The molecular weight excluding hydrogens is 523 g/mol. The van der Waals surface area contributed by atoms with Gasteiger partial charge in [0, 0.05) is 57.2 Å². The zero-order valence-corrected chi connectivity index (χ0v) is 20.5. The Labute approximate surface area is 205 Å². The maximum Gasteiger partial charge on any atom is 0.224 e. The molecule has 0 radical (unpaired) electrons. The van der Waals surface area contributed by atoms with Crippen LogP contribution in [0, 0.1) is 0 Å². The van der Waals surface area contributed by atoms with E-state index in [2.05, 4.69) is 15.6 Å². The van der Waals surface area contributed by atoms with Gasteiger partial charge >= 0.3 is 0 Å². The monoisotopic (exact) mass is 554 g/mol. The number of hydrogen-bond donors (Lipinski definition) is 2. The van der Waals surface area contributed by atoms with Gasteiger partial charge in [-0.15, -0.1) is 24.0 Å². The van der Waals surface area contributed by atoms with Gasteiger partial charge in [-0.25, -0.2) is 0 Å². The molecule has 1 aromatic carbocycles. The van der Waals surface area contributed by atoms with Crippen LogP contribution in [0.4, 0.5) is 5.69 Å². The van der Waals surface area contributed by atoms with Crippen molar-refractivity contribution in [2.24, 2.45) is 4.99 Å². The van der Waals surface area contributed by atoms with Gasteiger partial charge in [-0.2, -0.15) is 0 Å². The Morgan fingerprint density at radius 3 is 2.66 bits per heavy atom. The first-order chi connectivity index (χ1) is 15.3. The van der Waals surface area contributed by atoms with Gasteiger partial charge in [0.1, 0.15) is 5.76 Å². The maximum absolute atomic E-state index is 12.3. The summed E-state index contributed by atoms with van der Waals surface area (Å²) in [5, 5.41) is 6.60. The van der Waals surface area contributed by atoms with Crippen LogP contribution in [0.15, 0.2) is 46.0 Å². The summed E-state index contributed by atoms with van der Waals surface area (Å²) < 4.78 is 16.9.